The van der Waals surface area contributed by atoms with E-state index in [-0.39, 0.29) is 5.41 Å². The number of hydrogen-bond acceptors (Lipinski definition) is 2. The van der Waals surface area contributed by atoms with Crippen LogP contribution in [-0.4, -0.2) is 19.2 Å². The lowest BCUT2D eigenvalue weighted by molar-refractivity contribution is 0.268. The summed E-state index contributed by atoms with van der Waals surface area (Å²) in [5.74, 6) is 0.971. The van der Waals surface area contributed by atoms with Gasteiger partial charge in [0.1, 0.15) is 5.75 Å². The SMILES string of the molecule is CC(C)(c1ccccc1)c1ccc(OCC[C@H]2CCCCN2)cc1. The van der Waals surface area contributed by atoms with Crippen molar-refractivity contribution < 1.29 is 4.74 Å². The molecule has 0 spiro atoms. The van der Waals surface area contributed by atoms with E-state index in [0.29, 0.717) is 6.04 Å². The Morgan fingerprint density at radius 2 is 1.67 bits per heavy atom. The van der Waals surface area contributed by atoms with Crippen LogP contribution in [0.5, 0.6) is 5.75 Å². The molecule has 0 aliphatic carbocycles. The van der Waals surface area contributed by atoms with Gasteiger partial charge in [-0.1, -0.05) is 62.7 Å². The summed E-state index contributed by atoms with van der Waals surface area (Å²) in [6.07, 6.45) is 5.04. The standard InChI is InChI=1S/C22H29NO/c1-22(2,18-8-4-3-5-9-18)19-11-13-21(14-12-19)24-17-15-20-10-6-7-16-23-20/h3-5,8-9,11-14,20,23H,6-7,10,15-17H2,1-2H3/t20-/m1/s1. The topological polar surface area (TPSA) is 21.3 Å². The van der Waals surface area contributed by atoms with Crippen LogP contribution in [0.2, 0.25) is 0 Å². The summed E-state index contributed by atoms with van der Waals surface area (Å²) in [5.41, 5.74) is 2.66. The molecule has 3 rings (SSSR count). The maximum atomic E-state index is 5.94. The molecule has 0 amide bonds. The molecule has 0 bridgehead atoms. The van der Waals surface area contributed by atoms with Crippen LogP contribution in [0.25, 0.3) is 0 Å². The summed E-state index contributed by atoms with van der Waals surface area (Å²) in [6, 6.07) is 19.9. The second-order valence-corrected chi connectivity index (χ2v) is 7.30. The normalized spacial score (nSPS) is 18.3. The smallest absolute Gasteiger partial charge is 0.119 e. The lowest BCUT2D eigenvalue weighted by Crippen LogP contribution is -2.35. The van der Waals surface area contributed by atoms with Crippen molar-refractivity contribution in [1.29, 1.82) is 0 Å². The number of nitrogens with one attached hydrogen (secondary N) is 1. The quantitative estimate of drug-likeness (QED) is 0.814. The summed E-state index contributed by atoms with van der Waals surface area (Å²) >= 11 is 0. The maximum Gasteiger partial charge on any atom is 0.119 e. The van der Waals surface area contributed by atoms with Crippen molar-refractivity contribution in [2.24, 2.45) is 0 Å². The second kappa shape index (κ2) is 7.85. The van der Waals surface area contributed by atoms with Crippen LogP contribution >= 0.6 is 0 Å². The largest absolute Gasteiger partial charge is 0.494 e. The molecule has 1 fully saturated rings. The Balaban J connectivity index is 1.57. The first kappa shape index (κ1) is 17.0. The number of rotatable bonds is 6. The molecule has 128 valence electrons. The third-order valence-electron chi connectivity index (χ3n) is 5.22. The van der Waals surface area contributed by atoms with Gasteiger partial charge >= 0.3 is 0 Å². The van der Waals surface area contributed by atoms with E-state index in [9.17, 15) is 0 Å². The number of piperidine rings is 1. The van der Waals surface area contributed by atoms with Gasteiger partial charge in [0.15, 0.2) is 0 Å². The highest BCUT2D eigenvalue weighted by Crippen LogP contribution is 2.32. The van der Waals surface area contributed by atoms with Crippen LogP contribution in [0.15, 0.2) is 54.6 Å². The van der Waals surface area contributed by atoms with Crippen LogP contribution in [0.4, 0.5) is 0 Å². The Kier molecular flexibility index (Phi) is 5.57. The van der Waals surface area contributed by atoms with Crippen LogP contribution in [-0.2, 0) is 5.41 Å². The fourth-order valence-electron chi connectivity index (χ4n) is 3.48. The maximum absolute atomic E-state index is 5.94. The Labute approximate surface area is 146 Å². The van der Waals surface area contributed by atoms with E-state index in [4.69, 9.17) is 4.74 Å². The van der Waals surface area contributed by atoms with Gasteiger partial charge < -0.3 is 10.1 Å². The lowest BCUT2D eigenvalue weighted by atomic mass is 9.78. The monoisotopic (exact) mass is 323 g/mol. The first-order chi connectivity index (χ1) is 11.7. The minimum atomic E-state index is 0.00576. The molecule has 2 heteroatoms. The molecule has 2 aromatic carbocycles. The predicted molar refractivity (Wildman–Crippen MR) is 101 cm³/mol. The zero-order valence-electron chi connectivity index (χ0n) is 14.9. The zero-order chi connectivity index (χ0) is 16.8. The van der Waals surface area contributed by atoms with E-state index in [1.165, 1.54) is 30.4 Å². The van der Waals surface area contributed by atoms with E-state index >= 15 is 0 Å². The van der Waals surface area contributed by atoms with Crippen molar-refractivity contribution in [3.63, 3.8) is 0 Å². The lowest BCUT2D eigenvalue weighted by Gasteiger charge is -2.26. The molecule has 2 nitrogen and oxygen atoms in total. The van der Waals surface area contributed by atoms with Crippen molar-refractivity contribution in [2.75, 3.05) is 13.2 Å². The Morgan fingerprint density at radius 3 is 2.33 bits per heavy atom. The van der Waals surface area contributed by atoms with E-state index < -0.39 is 0 Å². The Morgan fingerprint density at radius 1 is 0.958 bits per heavy atom. The molecule has 1 saturated heterocycles. The molecule has 2 aromatic rings. The average molecular weight is 323 g/mol. The highest BCUT2D eigenvalue weighted by atomic mass is 16.5. The van der Waals surface area contributed by atoms with E-state index in [0.717, 1.165) is 25.3 Å². The Hall–Kier alpha value is -1.80. The van der Waals surface area contributed by atoms with Gasteiger partial charge in [-0.05, 0) is 49.1 Å². The molecule has 1 N–H and O–H groups in total. The predicted octanol–water partition coefficient (Wildman–Crippen LogP) is 4.92. The second-order valence-electron chi connectivity index (χ2n) is 7.30. The summed E-state index contributed by atoms with van der Waals surface area (Å²) in [5, 5.41) is 3.57. The highest BCUT2D eigenvalue weighted by molar-refractivity contribution is 5.39. The number of benzene rings is 2. The number of ether oxygens (including phenoxy) is 1. The van der Waals surface area contributed by atoms with Crippen molar-refractivity contribution in [2.45, 2.75) is 51.0 Å². The highest BCUT2D eigenvalue weighted by Gasteiger charge is 2.22. The van der Waals surface area contributed by atoms with Gasteiger partial charge in [-0.15, -0.1) is 0 Å². The minimum absolute atomic E-state index is 0.00576. The molecule has 1 aliphatic heterocycles. The molecular formula is C22H29NO. The van der Waals surface area contributed by atoms with Gasteiger partial charge in [-0.3, -0.25) is 0 Å². The van der Waals surface area contributed by atoms with Gasteiger partial charge in [0, 0.05) is 11.5 Å². The fourth-order valence-corrected chi connectivity index (χ4v) is 3.48. The zero-order valence-corrected chi connectivity index (χ0v) is 14.9. The van der Waals surface area contributed by atoms with Crippen molar-refractivity contribution >= 4 is 0 Å². The molecule has 0 radical (unpaired) electrons. The van der Waals surface area contributed by atoms with Crippen molar-refractivity contribution in [1.82, 2.24) is 5.32 Å². The number of hydrogen-bond donors (Lipinski definition) is 1. The third-order valence-corrected chi connectivity index (χ3v) is 5.22. The van der Waals surface area contributed by atoms with E-state index in [2.05, 4.69) is 73.8 Å². The van der Waals surface area contributed by atoms with Crippen molar-refractivity contribution in [3.8, 4) is 5.75 Å². The van der Waals surface area contributed by atoms with Gasteiger partial charge in [0.25, 0.3) is 0 Å². The first-order valence-corrected chi connectivity index (χ1v) is 9.18. The van der Waals surface area contributed by atoms with Gasteiger partial charge in [-0.2, -0.15) is 0 Å². The van der Waals surface area contributed by atoms with E-state index in [1.807, 2.05) is 0 Å². The first-order valence-electron chi connectivity index (χ1n) is 9.18. The summed E-state index contributed by atoms with van der Waals surface area (Å²) in [4.78, 5) is 0. The van der Waals surface area contributed by atoms with Crippen LogP contribution in [0.1, 0.15) is 50.7 Å². The minimum Gasteiger partial charge on any atom is -0.494 e. The van der Waals surface area contributed by atoms with Crippen molar-refractivity contribution in [3.05, 3.63) is 65.7 Å². The molecule has 24 heavy (non-hydrogen) atoms. The summed E-state index contributed by atoms with van der Waals surface area (Å²) in [6.45, 7) is 6.49. The third kappa shape index (κ3) is 4.18. The summed E-state index contributed by atoms with van der Waals surface area (Å²) < 4.78 is 5.94. The fraction of sp³-hybridized carbons (Fsp3) is 0.455. The van der Waals surface area contributed by atoms with Crippen LogP contribution in [0.3, 0.4) is 0 Å². The van der Waals surface area contributed by atoms with Crippen LogP contribution in [0, 0.1) is 0 Å². The molecule has 0 unspecified atom stereocenters. The van der Waals surface area contributed by atoms with Crippen LogP contribution < -0.4 is 10.1 Å². The van der Waals surface area contributed by atoms with Gasteiger partial charge in [0.2, 0.25) is 0 Å². The molecule has 1 aliphatic rings. The molecule has 1 atom stereocenters. The molecule has 0 saturated carbocycles. The van der Waals surface area contributed by atoms with E-state index in [1.54, 1.807) is 0 Å². The average Bonchev–Trinajstić information content (AvgIpc) is 2.64. The molecule has 0 aromatic heterocycles. The molecular weight excluding hydrogens is 294 g/mol. The van der Waals surface area contributed by atoms with Gasteiger partial charge in [-0.25, -0.2) is 0 Å². The summed E-state index contributed by atoms with van der Waals surface area (Å²) in [7, 11) is 0. The Bertz CT molecular complexity index is 612. The molecule has 1 heterocycles. The van der Waals surface area contributed by atoms with Gasteiger partial charge in [0.05, 0.1) is 6.61 Å².